The highest BCUT2D eigenvalue weighted by Gasteiger charge is 2.27. The minimum Gasteiger partial charge on any atom is -0.396 e. The average Bonchev–Trinajstić information content (AvgIpc) is 2.87. The van der Waals surface area contributed by atoms with Gasteiger partial charge in [-0.25, -0.2) is 0 Å². The third-order valence-corrected chi connectivity index (χ3v) is 4.61. The monoisotopic (exact) mass is 276 g/mol. The highest BCUT2D eigenvalue weighted by molar-refractivity contribution is 7.99. The van der Waals surface area contributed by atoms with Crippen molar-refractivity contribution in [2.75, 3.05) is 17.7 Å². The summed E-state index contributed by atoms with van der Waals surface area (Å²) in [4.78, 5) is 1.04. The maximum absolute atomic E-state index is 9.37. The first kappa shape index (κ1) is 14.2. The van der Waals surface area contributed by atoms with Crippen molar-refractivity contribution in [2.24, 2.45) is 5.92 Å². The Morgan fingerprint density at radius 2 is 2.32 bits per heavy atom. The fraction of sp³-hybridized carbons (Fsp3) is 0.533. The van der Waals surface area contributed by atoms with Crippen LogP contribution in [0.5, 0.6) is 0 Å². The molecule has 2 N–H and O–H groups in total. The van der Waals surface area contributed by atoms with E-state index in [0.717, 1.165) is 41.2 Å². The quantitative estimate of drug-likeness (QED) is 0.811. The number of aliphatic hydroxyl groups excluding tert-OH is 1. The lowest BCUT2D eigenvalue weighted by Crippen LogP contribution is -2.26. The molecule has 2 atom stereocenters. The Morgan fingerprint density at radius 1 is 1.47 bits per heavy atom. The molecular formula is C15H20N2OS. The molecule has 1 aliphatic rings. The molecule has 2 unspecified atom stereocenters. The van der Waals surface area contributed by atoms with Crippen molar-refractivity contribution in [3.63, 3.8) is 0 Å². The number of nitriles is 1. The smallest absolute Gasteiger partial charge is 0.102 e. The van der Waals surface area contributed by atoms with Gasteiger partial charge in [-0.1, -0.05) is 19.4 Å². The molecule has 0 heterocycles. The average molecular weight is 276 g/mol. The lowest BCUT2D eigenvalue weighted by molar-refractivity contribution is 0.222. The van der Waals surface area contributed by atoms with Gasteiger partial charge in [0.05, 0.1) is 11.3 Å². The summed E-state index contributed by atoms with van der Waals surface area (Å²) in [6.07, 6.45) is 3.29. The summed E-state index contributed by atoms with van der Waals surface area (Å²) in [5.74, 6) is 1.27. The summed E-state index contributed by atoms with van der Waals surface area (Å²) in [6.45, 7) is 2.31. The van der Waals surface area contributed by atoms with Gasteiger partial charge in [0.15, 0.2) is 0 Å². The molecule has 0 radical (unpaired) electrons. The maximum Gasteiger partial charge on any atom is 0.102 e. The Hall–Kier alpha value is -1.18. The van der Waals surface area contributed by atoms with E-state index in [4.69, 9.17) is 0 Å². The molecule has 0 aromatic heterocycles. The fourth-order valence-corrected chi connectivity index (χ4v) is 3.47. The van der Waals surface area contributed by atoms with Crippen LogP contribution >= 0.6 is 11.8 Å². The van der Waals surface area contributed by atoms with E-state index in [0.29, 0.717) is 12.0 Å². The molecular weight excluding hydrogens is 256 g/mol. The molecule has 0 spiro atoms. The number of anilines is 1. The van der Waals surface area contributed by atoms with E-state index in [1.54, 1.807) is 11.8 Å². The van der Waals surface area contributed by atoms with Crippen LogP contribution in [0.25, 0.3) is 0 Å². The highest BCUT2D eigenvalue weighted by Crippen LogP contribution is 2.32. The van der Waals surface area contributed by atoms with Gasteiger partial charge in [0.25, 0.3) is 0 Å². The summed E-state index contributed by atoms with van der Waals surface area (Å²) < 4.78 is 0. The van der Waals surface area contributed by atoms with Crippen molar-refractivity contribution in [1.82, 2.24) is 0 Å². The molecule has 0 saturated heterocycles. The zero-order valence-corrected chi connectivity index (χ0v) is 12.0. The van der Waals surface area contributed by atoms with Crippen LogP contribution in [0, 0.1) is 17.2 Å². The predicted octanol–water partition coefficient (Wildman–Crippen LogP) is 3.24. The van der Waals surface area contributed by atoms with Crippen molar-refractivity contribution in [2.45, 2.75) is 37.1 Å². The molecule has 102 valence electrons. The van der Waals surface area contributed by atoms with Gasteiger partial charge in [-0.2, -0.15) is 5.26 Å². The Bertz CT molecular complexity index is 470. The second kappa shape index (κ2) is 6.83. The molecule has 1 aromatic rings. The van der Waals surface area contributed by atoms with Crippen LogP contribution < -0.4 is 5.32 Å². The third-order valence-electron chi connectivity index (χ3n) is 3.67. The highest BCUT2D eigenvalue weighted by atomic mass is 32.2. The normalized spacial score (nSPS) is 22.2. The predicted molar refractivity (Wildman–Crippen MR) is 79.4 cm³/mol. The minimum absolute atomic E-state index is 0.225. The Labute approximate surface area is 119 Å². The van der Waals surface area contributed by atoms with E-state index in [1.807, 2.05) is 18.2 Å². The van der Waals surface area contributed by atoms with Crippen molar-refractivity contribution in [3.8, 4) is 6.07 Å². The minimum atomic E-state index is 0.225. The van der Waals surface area contributed by atoms with Crippen LogP contribution in [-0.2, 0) is 0 Å². The van der Waals surface area contributed by atoms with Crippen LogP contribution in [0.15, 0.2) is 23.1 Å². The number of hydrogen-bond acceptors (Lipinski definition) is 4. The molecule has 3 nitrogen and oxygen atoms in total. The standard InChI is InChI=1S/C15H20N2OS/c1-2-19-15-8-4-7-14(12(15)9-16)17-13-6-3-5-11(13)10-18/h4,7-8,11,13,17-18H,2-3,5-6,10H2,1H3. The summed E-state index contributed by atoms with van der Waals surface area (Å²) in [7, 11) is 0. The van der Waals surface area contributed by atoms with Crippen LogP contribution in [-0.4, -0.2) is 23.5 Å². The first-order valence-electron chi connectivity index (χ1n) is 6.83. The number of aliphatic hydroxyl groups is 1. The van der Waals surface area contributed by atoms with Gasteiger partial charge in [0.2, 0.25) is 0 Å². The number of nitrogens with zero attached hydrogens (tertiary/aromatic N) is 1. The van der Waals surface area contributed by atoms with Crippen LogP contribution in [0.4, 0.5) is 5.69 Å². The van der Waals surface area contributed by atoms with Crippen LogP contribution in [0.2, 0.25) is 0 Å². The molecule has 19 heavy (non-hydrogen) atoms. The Kier molecular flexibility index (Phi) is 5.12. The van der Waals surface area contributed by atoms with Crippen molar-refractivity contribution in [3.05, 3.63) is 23.8 Å². The summed E-state index contributed by atoms with van der Waals surface area (Å²) in [5.41, 5.74) is 1.64. The second-order valence-electron chi connectivity index (χ2n) is 4.85. The van der Waals surface area contributed by atoms with Gasteiger partial charge in [-0.3, -0.25) is 0 Å². The largest absolute Gasteiger partial charge is 0.396 e. The number of hydrogen-bond donors (Lipinski definition) is 2. The first-order valence-corrected chi connectivity index (χ1v) is 7.82. The number of thioether (sulfide) groups is 1. The van der Waals surface area contributed by atoms with E-state index < -0.39 is 0 Å². The number of nitrogens with one attached hydrogen (secondary N) is 1. The third kappa shape index (κ3) is 3.23. The lowest BCUT2D eigenvalue weighted by atomic mass is 10.0. The van der Waals surface area contributed by atoms with Crippen LogP contribution in [0.3, 0.4) is 0 Å². The molecule has 1 fully saturated rings. The SMILES string of the molecule is CCSc1cccc(NC2CCCC2CO)c1C#N. The van der Waals surface area contributed by atoms with Gasteiger partial charge in [0.1, 0.15) is 6.07 Å². The fourth-order valence-electron chi connectivity index (χ4n) is 2.69. The second-order valence-corrected chi connectivity index (χ2v) is 6.15. The van der Waals surface area contributed by atoms with Crippen molar-refractivity contribution < 1.29 is 5.11 Å². The molecule has 0 amide bonds. The molecule has 1 aliphatic carbocycles. The summed E-state index contributed by atoms with van der Waals surface area (Å²) in [6, 6.07) is 8.55. The van der Waals surface area contributed by atoms with Crippen molar-refractivity contribution in [1.29, 1.82) is 5.26 Å². The molecule has 2 rings (SSSR count). The van der Waals surface area contributed by atoms with E-state index in [2.05, 4.69) is 18.3 Å². The van der Waals surface area contributed by atoms with Gasteiger partial charge in [-0.05, 0) is 30.7 Å². The van der Waals surface area contributed by atoms with Crippen molar-refractivity contribution >= 4 is 17.4 Å². The molecule has 0 aliphatic heterocycles. The van der Waals surface area contributed by atoms with Gasteiger partial charge < -0.3 is 10.4 Å². The zero-order chi connectivity index (χ0) is 13.7. The molecule has 1 saturated carbocycles. The van der Waals surface area contributed by atoms with Gasteiger partial charge in [-0.15, -0.1) is 11.8 Å². The van der Waals surface area contributed by atoms with E-state index in [9.17, 15) is 10.4 Å². The van der Waals surface area contributed by atoms with E-state index in [-0.39, 0.29) is 6.61 Å². The topological polar surface area (TPSA) is 56.0 Å². The Morgan fingerprint density at radius 3 is 3.00 bits per heavy atom. The molecule has 0 bridgehead atoms. The summed E-state index contributed by atoms with van der Waals surface area (Å²) in [5, 5.41) is 22.2. The van der Waals surface area contributed by atoms with Crippen LogP contribution in [0.1, 0.15) is 31.7 Å². The van der Waals surface area contributed by atoms with Gasteiger partial charge >= 0.3 is 0 Å². The lowest BCUT2D eigenvalue weighted by Gasteiger charge is -2.21. The number of benzene rings is 1. The van der Waals surface area contributed by atoms with Gasteiger partial charge in [0, 0.05) is 23.5 Å². The van der Waals surface area contributed by atoms with E-state index in [1.165, 1.54) is 0 Å². The molecule has 1 aromatic carbocycles. The first-order chi connectivity index (χ1) is 9.30. The van der Waals surface area contributed by atoms with E-state index >= 15 is 0 Å². The molecule has 4 heteroatoms. The number of rotatable bonds is 5. The maximum atomic E-state index is 9.37. The zero-order valence-electron chi connectivity index (χ0n) is 11.2. The Balaban J connectivity index is 2.20. The summed E-state index contributed by atoms with van der Waals surface area (Å²) >= 11 is 1.69.